The average Bonchev–Trinajstić information content (AvgIpc) is 3.08. The number of hydrogen-bond acceptors (Lipinski definition) is 3. The molecule has 0 saturated carbocycles. The van der Waals surface area contributed by atoms with Crippen molar-refractivity contribution >= 4 is 34.1 Å². The van der Waals surface area contributed by atoms with Crippen LogP contribution < -0.4 is 4.74 Å². The largest absolute Gasteiger partial charge is 0.508 e. The van der Waals surface area contributed by atoms with Gasteiger partial charge in [-0.1, -0.05) is 42.8 Å². The molecule has 0 aliphatic heterocycles. The van der Waals surface area contributed by atoms with Crippen molar-refractivity contribution in [2.24, 2.45) is 0 Å². The maximum absolute atomic E-state index is 9.67. The molecule has 0 bridgehead atoms. The minimum Gasteiger partial charge on any atom is -0.508 e. The predicted octanol–water partition coefficient (Wildman–Crippen LogP) is 6.87. The monoisotopic (exact) mass is 384 g/mol. The van der Waals surface area contributed by atoms with Gasteiger partial charge in [0.1, 0.15) is 11.5 Å². The second-order valence-corrected chi connectivity index (χ2v) is 7.39. The third-order valence-corrected chi connectivity index (χ3v) is 5.27. The van der Waals surface area contributed by atoms with Crippen LogP contribution in [0.2, 0.25) is 4.34 Å². The Hall–Kier alpha value is -2.23. The van der Waals surface area contributed by atoms with Crippen molar-refractivity contribution in [1.82, 2.24) is 0 Å². The number of phenolic OH excluding ortho intramolecular Hbond substituents is 1. The van der Waals surface area contributed by atoms with Crippen molar-refractivity contribution in [3.63, 3.8) is 0 Å². The molecule has 0 saturated heterocycles. The predicted molar refractivity (Wildman–Crippen MR) is 111 cm³/mol. The van der Waals surface area contributed by atoms with Crippen LogP contribution in [0.3, 0.4) is 0 Å². The highest BCUT2D eigenvalue weighted by Crippen LogP contribution is 2.37. The van der Waals surface area contributed by atoms with E-state index in [1.807, 2.05) is 37.3 Å². The van der Waals surface area contributed by atoms with Crippen LogP contribution in [0.15, 0.2) is 60.0 Å². The van der Waals surface area contributed by atoms with Crippen LogP contribution in [0, 0.1) is 0 Å². The van der Waals surface area contributed by atoms with Gasteiger partial charge < -0.3 is 9.84 Å². The zero-order chi connectivity index (χ0) is 18.5. The Morgan fingerprint density at radius 3 is 2.08 bits per heavy atom. The molecule has 0 fully saturated rings. The summed E-state index contributed by atoms with van der Waals surface area (Å²) in [6.07, 6.45) is 0.872. The van der Waals surface area contributed by atoms with E-state index < -0.39 is 0 Å². The topological polar surface area (TPSA) is 29.5 Å². The van der Waals surface area contributed by atoms with Crippen LogP contribution in [-0.2, 0) is 0 Å². The Balaban J connectivity index is 2.18. The lowest BCUT2D eigenvalue weighted by atomic mass is 9.89. The fourth-order valence-corrected chi connectivity index (χ4v) is 3.92. The van der Waals surface area contributed by atoms with Crippen molar-refractivity contribution in [3.05, 3.63) is 81.0 Å². The lowest BCUT2D eigenvalue weighted by Gasteiger charge is -2.16. The zero-order valence-corrected chi connectivity index (χ0v) is 16.4. The molecule has 3 rings (SSSR count). The van der Waals surface area contributed by atoms with Crippen molar-refractivity contribution in [2.45, 2.75) is 20.3 Å². The number of ether oxygens (including phenoxy) is 1. The highest BCUT2D eigenvalue weighted by atomic mass is 35.5. The highest BCUT2D eigenvalue weighted by molar-refractivity contribution is 7.14. The van der Waals surface area contributed by atoms with Gasteiger partial charge in [0.05, 0.1) is 10.9 Å². The number of allylic oxidation sites excluding steroid dienone is 1. The fraction of sp³-hybridized carbons (Fsp3) is 0.182. The molecule has 2 aromatic carbocycles. The molecular weight excluding hydrogens is 364 g/mol. The van der Waals surface area contributed by atoms with Crippen LogP contribution >= 0.6 is 22.9 Å². The number of rotatable bonds is 6. The summed E-state index contributed by atoms with van der Waals surface area (Å²) in [4.78, 5) is 0. The van der Waals surface area contributed by atoms with E-state index in [0.717, 1.165) is 38.8 Å². The Kier molecular flexibility index (Phi) is 6.02. The molecular formula is C22H21ClO2S. The van der Waals surface area contributed by atoms with E-state index in [1.54, 1.807) is 12.1 Å². The fourth-order valence-electron chi connectivity index (χ4n) is 3.02. The third-order valence-electron chi connectivity index (χ3n) is 4.18. The van der Waals surface area contributed by atoms with Crippen LogP contribution in [0.25, 0.3) is 11.1 Å². The van der Waals surface area contributed by atoms with E-state index in [1.165, 1.54) is 16.9 Å². The third kappa shape index (κ3) is 4.12. The summed E-state index contributed by atoms with van der Waals surface area (Å²) in [6.45, 7) is 4.77. The first-order valence-electron chi connectivity index (χ1n) is 8.62. The van der Waals surface area contributed by atoms with E-state index in [9.17, 15) is 5.11 Å². The van der Waals surface area contributed by atoms with Gasteiger partial charge in [-0.15, -0.1) is 11.3 Å². The van der Waals surface area contributed by atoms with Gasteiger partial charge in [-0.25, -0.2) is 0 Å². The lowest BCUT2D eigenvalue weighted by Crippen LogP contribution is -1.95. The number of hydrogen-bond donors (Lipinski definition) is 1. The molecule has 0 atom stereocenters. The molecule has 0 aliphatic rings. The van der Waals surface area contributed by atoms with Crippen molar-refractivity contribution in [3.8, 4) is 11.5 Å². The number of phenols is 1. The van der Waals surface area contributed by atoms with E-state index in [4.69, 9.17) is 16.3 Å². The normalized spacial score (nSPS) is 12.0. The summed E-state index contributed by atoms with van der Waals surface area (Å²) in [6, 6.07) is 17.5. The van der Waals surface area contributed by atoms with Crippen molar-refractivity contribution < 1.29 is 9.84 Å². The Morgan fingerprint density at radius 1 is 0.962 bits per heavy atom. The molecule has 4 heteroatoms. The number of thiophene rings is 1. The Morgan fingerprint density at radius 2 is 1.58 bits per heavy atom. The summed E-state index contributed by atoms with van der Waals surface area (Å²) < 4.78 is 6.35. The van der Waals surface area contributed by atoms with Gasteiger partial charge in [0.25, 0.3) is 0 Å². The van der Waals surface area contributed by atoms with Gasteiger partial charge in [-0.05, 0) is 76.9 Å². The van der Waals surface area contributed by atoms with Gasteiger partial charge in [0.15, 0.2) is 0 Å². The first-order valence-corrected chi connectivity index (χ1v) is 9.88. The molecule has 26 heavy (non-hydrogen) atoms. The number of halogens is 1. The molecule has 1 N–H and O–H groups in total. The average molecular weight is 385 g/mol. The smallest absolute Gasteiger partial charge is 0.119 e. The summed E-state index contributed by atoms with van der Waals surface area (Å²) in [5, 5.41) is 11.8. The standard InChI is InChI=1S/C22H21ClO2S/c1-3-20(17-13-21(23)26-14-17)22(15-5-9-18(24)10-6-15)16-7-11-19(12-8-16)25-4-2/h5-14,24H,3-4H2,1-2H3. The highest BCUT2D eigenvalue weighted by Gasteiger charge is 2.14. The van der Waals surface area contributed by atoms with Crippen molar-refractivity contribution in [1.29, 1.82) is 0 Å². The van der Waals surface area contributed by atoms with Crippen LogP contribution in [-0.4, -0.2) is 11.7 Å². The summed E-state index contributed by atoms with van der Waals surface area (Å²) in [5.41, 5.74) is 5.68. The van der Waals surface area contributed by atoms with Gasteiger partial charge >= 0.3 is 0 Å². The van der Waals surface area contributed by atoms with E-state index >= 15 is 0 Å². The van der Waals surface area contributed by atoms with E-state index in [0.29, 0.717) is 6.61 Å². The second-order valence-electron chi connectivity index (χ2n) is 5.85. The zero-order valence-electron chi connectivity index (χ0n) is 14.8. The Bertz CT molecular complexity index is 893. The van der Waals surface area contributed by atoms with Gasteiger partial charge in [-0.3, -0.25) is 0 Å². The summed E-state index contributed by atoms with van der Waals surface area (Å²) in [7, 11) is 0. The molecule has 0 amide bonds. The molecule has 2 nitrogen and oxygen atoms in total. The van der Waals surface area contributed by atoms with Crippen LogP contribution in [0.5, 0.6) is 11.5 Å². The quantitative estimate of drug-likeness (QED) is 0.502. The molecule has 0 aliphatic carbocycles. The number of benzene rings is 2. The van der Waals surface area contributed by atoms with E-state index in [-0.39, 0.29) is 5.75 Å². The molecule has 134 valence electrons. The van der Waals surface area contributed by atoms with Crippen LogP contribution in [0.1, 0.15) is 37.0 Å². The molecule has 3 aromatic rings. The number of aromatic hydroxyl groups is 1. The van der Waals surface area contributed by atoms with Gasteiger partial charge in [0.2, 0.25) is 0 Å². The SMILES string of the molecule is CCOc1ccc(C(=C(CC)c2csc(Cl)c2)c2ccc(O)cc2)cc1. The van der Waals surface area contributed by atoms with Crippen LogP contribution in [0.4, 0.5) is 0 Å². The first kappa shape index (κ1) is 18.6. The maximum atomic E-state index is 9.67. The first-order chi connectivity index (χ1) is 12.6. The minimum atomic E-state index is 0.261. The molecule has 0 spiro atoms. The molecule has 0 radical (unpaired) electrons. The van der Waals surface area contributed by atoms with Gasteiger partial charge in [-0.2, -0.15) is 0 Å². The van der Waals surface area contributed by atoms with Gasteiger partial charge in [0, 0.05) is 0 Å². The summed E-state index contributed by atoms with van der Waals surface area (Å²) >= 11 is 7.72. The molecule has 1 aromatic heterocycles. The van der Waals surface area contributed by atoms with E-state index in [2.05, 4.69) is 24.4 Å². The second kappa shape index (κ2) is 8.43. The minimum absolute atomic E-state index is 0.261. The molecule has 1 heterocycles. The lowest BCUT2D eigenvalue weighted by molar-refractivity contribution is 0.340. The van der Waals surface area contributed by atoms with Crippen molar-refractivity contribution in [2.75, 3.05) is 6.61 Å². The Labute approximate surface area is 163 Å². The molecule has 0 unspecified atom stereocenters. The summed E-state index contributed by atoms with van der Waals surface area (Å²) in [5.74, 6) is 1.12. The maximum Gasteiger partial charge on any atom is 0.119 e.